The van der Waals surface area contributed by atoms with Crippen molar-refractivity contribution in [3.8, 4) is 0 Å². The zero-order chi connectivity index (χ0) is 18.1. The van der Waals surface area contributed by atoms with Crippen molar-refractivity contribution in [2.75, 3.05) is 4.72 Å². The third kappa shape index (κ3) is 3.33. The largest absolute Gasteiger partial charge is 0.342 e. The number of benzene rings is 1. The number of nitrogens with one attached hydrogen (secondary N) is 2. The second kappa shape index (κ2) is 6.75. The molecule has 0 radical (unpaired) electrons. The Kier molecular flexibility index (Phi) is 4.44. The van der Waals surface area contributed by atoms with Crippen LogP contribution in [0.15, 0.2) is 35.5 Å². The van der Waals surface area contributed by atoms with Gasteiger partial charge in [-0.05, 0) is 38.0 Å². The summed E-state index contributed by atoms with van der Waals surface area (Å²) in [6.45, 7) is 2.53. The van der Waals surface area contributed by atoms with Gasteiger partial charge in [0.25, 0.3) is 10.0 Å². The van der Waals surface area contributed by atoms with Gasteiger partial charge in [-0.2, -0.15) is 5.10 Å². The fraction of sp³-hybridized carbons (Fsp3) is 0.444. The molecular weight excluding hydrogens is 350 g/mol. The number of anilines is 1. The number of hydrogen-bond donors (Lipinski definition) is 2. The first-order chi connectivity index (χ1) is 12.5. The number of aryl methyl sites for hydroxylation is 1. The van der Waals surface area contributed by atoms with E-state index in [-0.39, 0.29) is 4.90 Å². The minimum absolute atomic E-state index is 0.159. The van der Waals surface area contributed by atoms with Gasteiger partial charge in [-0.3, -0.25) is 9.40 Å². The lowest BCUT2D eigenvalue weighted by atomic mass is 9.89. The topological polar surface area (TPSA) is 92.7 Å². The van der Waals surface area contributed by atoms with Gasteiger partial charge in [0.05, 0.1) is 22.9 Å². The Labute approximate surface area is 152 Å². The van der Waals surface area contributed by atoms with E-state index in [1.165, 1.54) is 44.5 Å². The van der Waals surface area contributed by atoms with Gasteiger partial charge in [-0.25, -0.2) is 13.4 Å². The first kappa shape index (κ1) is 17.1. The van der Waals surface area contributed by atoms with Gasteiger partial charge < -0.3 is 4.98 Å². The van der Waals surface area contributed by atoms with E-state index in [4.69, 9.17) is 4.98 Å². The van der Waals surface area contributed by atoms with Crippen molar-refractivity contribution < 1.29 is 8.42 Å². The van der Waals surface area contributed by atoms with Crippen LogP contribution in [0.5, 0.6) is 0 Å². The number of sulfonamides is 1. The smallest absolute Gasteiger partial charge is 0.265 e. The maximum absolute atomic E-state index is 12.5. The molecular formula is C18H23N5O2S. The van der Waals surface area contributed by atoms with Crippen LogP contribution in [0.25, 0.3) is 11.0 Å². The van der Waals surface area contributed by atoms with Gasteiger partial charge in [0.2, 0.25) is 0 Å². The Balaban J connectivity index is 1.58. The highest BCUT2D eigenvalue weighted by Gasteiger charge is 2.20. The van der Waals surface area contributed by atoms with Crippen LogP contribution in [-0.4, -0.2) is 28.2 Å². The maximum atomic E-state index is 12.5. The van der Waals surface area contributed by atoms with Gasteiger partial charge in [-0.15, -0.1) is 0 Å². The number of hydrogen-bond acceptors (Lipinski definition) is 4. The average Bonchev–Trinajstić information content (AvgIpc) is 3.29. The third-order valence-electron chi connectivity index (χ3n) is 4.99. The minimum atomic E-state index is -3.65. The number of aromatic amines is 1. The standard InChI is InChI=1S/C18H23N5O2S/c1-2-23-12-15(11-19-23)26(24,25)22-14-8-9-16-17(10-14)21-18(20-16)13-6-4-3-5-7-13/h8-13,22H,2-7H2,1H3,(H,20,21). The quantitative estimate of drug-likeness (QED) is 0.714. The first-order valence-corrected chi connectivity index (χ1v) is 10.6. The summed E-state index contributed by atoms with van der Waals surface area (Å²) >= 11 is 0. The van der Waals surface area contributed by atoms with Crippen LogP contribution in [0.4, 0.5) is 5.69 Å². The monoisotopic (exact) mass is 373 g/mol. The second-order valence-electron chi connectivity index (χ2n) is 6.83. The molecule has 2 N–H and O–H groups in total. The predicted octanol–water partition coefficient (Wildman–Crippen LogP) is 3.63. The van der Waals surface area contributed by atoms with E-state index in [0.717, 1.165) is 16.9 Å². The Hall–Kier alpha value is -2.35. The molecule has 0 spiro atoms. The number of imidazole rings is 1. The molecule has 0 aliphatic heterocycles. The number of fused-ring (bicyclic) bond motifs is 1. The van der Waals surface area contributed by atoms with Gasteiger partial charge in [0, 0.05) is 18.7 Å². The molecule has 2 heterocycles. The molecule has 0 saturated heterocycles. The van der Waals surface area contributed by atoms with Crippen molar-refractivity contribution in [1.29, 1.82) is 0 Å². The Morgan fingerprint density at radius 3 is 2.81 bits per heavy atom. The van der Waals surface area contributed by atoms with E-state index in [2.05, 4.69) is 14.8 Å². The zero-order valence-corrected chi connectivity index (χ0v) is 15.6. The molecule has 0 amide bonds. The molecule has 2 aromatic heterocycles. The molecule has 3 aromatic rings. The van der Waals surface area contributed by atoms with Gasteiger partial charge >= 0.3 is 0 Å². The summed E-state index contributed by atoms with van der Waals surface area (Å²) in [5, 5.41) is 4.03. The maximum Gasteiger partial charge on any atom is 0.265 e. The molecule has 0 bridgehead atoms. The van der Waals surface area contributed by atoms with Crippen LogP contribution in [0.3, 0.4) is 0 Å². The van der Waals surface area contributed by atoms with Crippen LogP contribution >= 0.6 is 0 Å². The first-order valence-electron chi connectivity index (χ1n) is 9.10. The van der Waals surface area contributed by atoms with E-state index in [0.29, 0.717) is 18.2 Å². The molecule has 26 heavy (non-hydrogen) atoms. The summed E-state index contributed by atoms with van der Waals surface area (Å²) in [5.74, 6) is 1.50. The van der Waals surface area contributed by atoms with Crippen molar-refractivity contribution in [3.05, 3.63) is 36.4 Å². The van der Waals surface area contributed by atoms with Crippen molar-refractivity contribution >= 4 is 26.7 Å². The number of rotatable bonds is 5. The van der Waals surface area contributed by atoms with Gasteiger partial charge in [-0.1, -0.05) is 19.3 Å². The molecule has 0 unspecified atom stereocenters. The summed E-state index contributed by atoms with van der Waals surface area (Å²) in [6.07, 6.45) is 9.02. The molecule has 138 valence electrons. The van der Waals surface area contributed by atoms with Crippen LogP contribution in [0, 0.1) is 0 Å². The van der Waals surface area contributed by atoms with Crippen LogP contribution in [0.1, 0.15) is 50.8 Å². The summed E-state index contributed by atoms with van der Waals surface area (Å²) < 4.78 is 29.3. The number of nitrogens with zero attached hydrogens (tertiary/aromatic N) is 3. The summed E-state index contributed by atoms with van der Waals surface area (Å²) in [6, 6.07) is 5.40. The highest BCUT2D eigenvalue weighted by atomic mass is 32.2. The third-order valence-corrected chi connectivity index (χ3v) is 6.32. The summed E-state index contributed by atoms with van der Waals surface area (Å²) in [5.41, 5.74) is 2.24. The lowest BCUT2D eigenvalue weighted by molar-refractivity contribution is 0.431. The Bertz CT molecular complexity index is 1020. The van der Waals surface area contributed by atoms with E-state index >= 15 is 0 Å². The van der Waals surface area contributed by atoms with Crippen LogP contribution < -0.4 is 4.72 Å². The van der Waals surface area contributed by atoms with Crippen molar-refractivity contribution in [1.82, 2.24) is 19.7 Å². The molecule has 1 aromatic carbocycles. The van der Waals surface area contributed by atoms with Crippen LogP contribution in [-0.2, 0) is 16.6 Å². The van der Waals surface area contributed by atoms with Crippen molar-refractivity contribution in [2.45, 2.75) is 56.4 Å². The van der Waals surface area contributed by atoms with Gasteiger partial charge in [0.1, 0.15) is 10.7 Å². The van der Waals surface area contributed by atoms with Crippen molar-refractivity contribution in [3.63, 3.8) is 0 Å². The van der Waals surface area contributed by atoms with E-state index in [1.807, 2.05) is 13.0 Å². The molecule has 4 rings (SSSR count). The molecule has 1 aliphatic rings. The number of H-pyrrole nitrogens is 1. The molecule has 0 atom stereocenters. The van der Waals surface area contributed by atoms with Crippen LogP contribution in [0.2, 0.25) is 0 Å². The molecule has 1 saturated carbocycles. The van der Waals surface area contributed by atoms with E-state index in [9.17, 15) is 8.42 Å². The summed E-state index contributed by atoms with van der Waals surface area (Å²) in [4.78, 5) is 8.24. The summed E-state index contributed by atoms with van der Waals surface area (Å²) in [7, 11) is -3.65. The normalized spacial score (nSPS) is 16.2. The number of aromatic nitrogens is 4. The molecule has 1 aliphatic carbocycles. The molecule has 8 heteroatoms. The zero-order valence-electron chi connectivity index (χ0n) is 14.8. The lowest BCUT2D eigenvalue weighted by Gasteiger charge is -2.18. The second-order valence-corrected chi connectivity index (χ2v) is 8.51. The Morgan fingerprint density at radius 2 is 2.08 bits per heavy atom. The van der Waals surface area contributed by atoms with Gasteiger partial charge in [0.15, 0.2) is 0 Å². The fourth-order valence-corrected chi connectivity index (χ4v) is 4.53. The highest BCUT2D eigenvalue weighted by Crippen LogP contribution is 2.32. The molecule has 1 fully saturated rings. The lowest BCUT2D eigenvalue weighted by Crippen LogP contribution is -2.12. The predicted molar refractivity (Wildman–Crippen MR) is 101 cm³/mol. The SMILES string of the molecule is CCn1cc(S(=O)(=O)Nc2ccc3nc(C4CCCCC4)[nH]c3c2)cn1. The van der Waals surface area contributed by atoms with Crippen molar-refractivity contribution in [2.24, 2.45) is 0 Å². The molecule has 7 nitrogen and oxygen atoms in total. The fourth-order valence-electron chi connectivity index (χ4n) is 3.53. The Morgan fingerprint density at radius 1 is 1.27 bits per heavy atom. The minimum Gasteiger partial charge on any atom is -0.342 e. The highest BCUT2D eigenvalue weighted by molar-refractivity contribution is 7.92. The van der Waals surface area contributed by atoms with E-state index in [1.54, 1.807) is 16.8 Å². The van der Waals surface area contributed by atoms with E-state index < -0.39 is 10.0 Å². The average molecular weight is 373 g/mol.